The molecular formula is C11H6Cl2N. The van der Waals surface area contributed by atoms with Crippen molar-refractivity contribution in [1.29, 1.82) is 0 Å². The molecule has 1 aromatic carbocycles. The predicted octanol–water partition coefficient (Wildman–Crippen LogP) is 3.86. The van der Waals surface area contributed by atoms with E-state index >= 15 is 0 Å². The summed E-state index contributed by atoms with van der Waals surface area (Å²) in [6.07, 6.45) is 2.76. The minimum absolute atomic E-state index is 0.609. The van der Waals surface area contributed by atoms with Crippen molar-refractivity contribution in [2.75, 3.05) is 0 Å². The van der Waals surface area contributed by atoms with Gasteiger partial charge in [0.15, 0.2) is 0 Å². The second-order valence-electron chi connectivity index (χ2n) is 2.81. The van der Waals surface area contributed by atoms with Gasteiger partial charge in [-0.05, 0) is 30.3 Å². The quantitative estimate of drug-likeness (QED) is 0.715. The summed E-state index contributed by atoms with van der Waals surface area (Å²) in [7, 11) is 0. The number of nitrogens with zero attached hydrogens (tertiary/aromatic N) is 1. The minimum Gasteiger partial charge on any atom is -0.246 e. The van der Waals surface area contributed by atoms with Crippen molar-refractivity contribution in [2.45, 2.75) is 0 Å². The largest absolute Gasteiger partial charge is 0.246 e. The molecule has 0 saturated heterocycles. The molecule has 1 radical (unpaired) electrons. The zero-order valence-electron chi connectivity index (χ0n) is 7.17. The van der Waals surface area contributed by atoms with Crippen molar-refractivity contribution in [3.8, 4) is 11.3 Å². The Balaban J connectivity index is 2.52. The van der Waals surface area contributed by atoms with Gasteiger partial charge in [0.2, 0.25) is 0 Å². The first-order valence-corrected chi connectivity index (χ1v) is 4.81. The third kappa shape index (κ3) is 2.06. The Morgan fingerprint density at radius 3 is 2.36 bits per heavy atom. The Hall–Kier alpha value is -1.05. The number of aromatic nitrogens is 1. The van der Waals surface area contributed by atoms with Crippen LogP contribution in [0.3, 0.4) is 0 Å². The van der Waals surface area contributed by atoms with Crippen LogP contribution in [-0.2, 0) is 0 Å². The number of pyridine rings is 1. The minimum atomic E-state index is 0.609. The molecule has 69 valence electrons. The van der Waals surface area contributed by atoms with Crippen LogP contribution in [0.25, 0.3) is 11.3 Å². The monoisotopic (exact) mass is 222 g/mol. The van der Waals surface area contributed by atoms with E-state index in [4.69, 9.17) is 23.2 Å². The molecule has 1 nitrogen and oxygen atoms in total. The van der Waals surface area contributed by atoms with Crippen LogP contribution in [0.2, 0.25) is 10.0 Å². The van der Waals surface area contributed by atoms with Crippen molar-refractivity contribution in [3.63, 3.8) is 0 Å². The molecule has 14 heavy (non-hydrogen) atoms. The highest BCUT2D eigenvalue weighted by Gasteiger charge is 2.01. The van der Waals surface area contributed by atoms with E-state index in [0.29, 0.717) is 10.0 Å². The maximum atomic E-state index is 5.88. The maximum absolute atomic E-state index is 5.88. The van der Waals surface area contributed by atoms with E-state index in [2.05, 4.69) is 11.2 Å². The highest BCUT2D eigenvalue weighted by molar-refractivity contribution is 6.35. The zero-order valence-corrected chi connectivity index (χ0v) is 8.68. The summed E-state index contributed by atoms with van der Waals surface area (Å²) in [5.41, 5.74) is 1.72. The molecule has 2 aromatic rings. The number of hydrogen-bond acceptors (Lipinski definition) is 1. The second-order valence-corrected chi connectivity index (χ2v) is 3.68. The summed E-state index contributed by atoms with van der Waals surface area (Å²) in [5.74, 6) is 0. The topological polar surface area (TPSA) is 12.9 Å². The smallest absolute Gasteiger partial charge is 0.0893 e. The van der Waals surface area contributed by atoms with Gasteiger partial charge in [0.25, 0.3) is 0 Å². The van der Waals surface area contributed by atoms with Gasteiger partial charge in [0.1, 0.15) is 0 Å². The number of hydrogen-bond donors (Lipinski definition) is 0. The third-order valence-corrected chi connectivity index (χ3v) is 2.20. The Kier molecular flexibility index (Phi) is 2.71. The molecule has 0 aliphatic rings. The molecule has 0 spiro atoms. The van der Waals surface area contributed by atoms with Gasteiger partial charge >= 0.3 is 0 Å². The van der Waals surface area contributed by atoms with Crippen molar-refractivity contribution in [2.24, 2.45) is 0 Å². The summed E-state index contributed by atoms with van der Waals surface area (Å²) < 4.78 is 0. The Morgan fingerprint density at radius 2 is 1.79 bits per heavy atom. The fourth-order valence-corrected chi connectivity index (χ4v) is 1.71. The lowest BCUT2D eigenvalue weighted by Gasteiger charge is -2.01. The maximum Gasteiger partial charge on any atom is 0.0893 e. The molecule has 0 fully saturated rings. The van der Waals surface area contributed by atoms with E-state index in [1.54, 1.807) is 12.1 Å². The van der Waals surface area contributed by atoms with Gasteiger partial charge in [0.05, 0.1) is 11.9 Å². The van der Waals surface area contributed by atoms with Gasteiger partial charge < -0.3 is 0 Å². The lowest BCUT2D eigenvalue weighted by molar-refractivity contribution is 1.31. The SMILES string of the molecule is Clc1cc(Cl)cc(-c2ccc[c]n2)c1. The van der Waals surface area contributed by atoms with Gasteiger partial charge in [-0.2, -0.15) is 0 Å². The fraction of sp³-hybridized carbons (Fsp3) is 0. The fourth-order valence-electron chi connectivity index (χ4n) is 1.19. The summed E-state index contributed by atoms with van der Waals surface area (Å²) in [4.78, 5) is 4.09. The van der Waals surface area contributed by atoms with Crippen LogP contribution in [0.15, 0.2) is 36.4 Å². The molecule has 0 amide bonds. The van der Waals surface area contributed by atoms with Gasteiger partial charge in [-0.3, -0.25) is 0 Å². The highest BCUT2D eigenvalue weighted by Crippen LogP contribution is 2.25. The molecule has 2 rings (SSSR count). The summed E-state index contributed by atoms with van der Waals surface area (Å²) in [5, 5.41) is 1.22. The van der Waals surface area contributed by atoms with Crippen LogP contribution < -0.4 is 0 Å². The zero-order chi connectivity index (χ0) is 9.97. The average Bonchev–Trinajstić information content (AvgIpc) is 2.18. The molecule has 0 aliphatic heterocycles. The van der Waals surface area contributed by atoms with Crippen LogP contribution in [0.4, 0.5) is 0 Å². The molecule has 0 bridgehead atoms. The molecule has 1 aromatic heterocycles. The molecule has 0 atom stereocenters. The van der Waals surface area contributed by atoms with Crippen molar-refractivity contribution in [1.82, 2.24) is 4.98 Å². The van der Waals surface area contributed by atoms with Crippen molar-refractivity contribution >= 4 is 23.2 Å². The standard InChI is InChI=1S/C11H6Cl2N/c12-9-5-8(6-10(13)7-9)11-3-1-2-4-14-11/h1-3,5-7H. The first kappa shape index (κ1) is 9.50. The molecule has 1 heterocycles. The van der Waals surface area contributed by atoms with Crippen LogP contribution >= 0.6 is 23.2 Å². The highest BCUT2D eigenvalue weighted by atomic mass is 35.5. The van der Waals surface area contributed by atoms with E-state index in [0.717, 1.165) is 11.3 Å². The number of rotatable bonds is 1. The second kappa shape index (κ2) is 3.99. The van der Waals surface area contributed by atoms with Crippen LogP contribution in [0.5, 0.6) is 0 Å². The normalized spacial score (nSPS) is 10.1. The van der Waals surface area contributed by atoms with E-state index in [9.17, 15) is 0 Å². The number of benzene rings is 1. The molecule has 0 aliphatic carbocycles. The molecule has 0 saturated carbocycles. The first-order chi connectivity index (χ1) is 6.75. The average molecular weight is 223 g/mol. The summed E-state index contributed by atoms with van der Waals surface area (Å²) >= 11 is 11.8. The van der Waals surface area contributed by atoms with E-state index in [-0.39, 0.29) is 0 Å². The van der Waals surface area contributed by atoms with Crippen LogP contribution in [0.1, 0.15) is 0 Å². The number of halogens is 2. The molecule has 3 heteroatoms. The Morgan fingerprint density at radius 1 is 1.07 bits per heavy atom. The van der Waals surface area contributed by atoms with Gasteiger partial charge in [-0.1, -0.05) is 29.3 Å². The summed E-state index contributed by atoms with van der Waals surface area (Å²) in [6.45, 7) is 0. The van der Waals surface area contributed by atoms with E-state index < -0.39 is 0 Å². The molecule has 0 N–H and O–H groups in total. The van der Waals surface area contributed by atoms with Gasteiger partial charge in [0, 0.05) is 15.6 Å². The van der Waals surface area contributed by atoms with Gasteiger partial charge in [-0.15, -0.1) is 0 Å². The van der Waals surface area contributed by atoms with Crippen molar-refractivity contribution in [3.05, 3.63) is 52.6 Å². The van der Waals surface area contributed by atoms with Crippen LogP contribution in [-0.4, -0.2) is 4.98 Å². The lowest BCUT2D eigenvalue weighted by Crippen LogP contribution is -1.82. The lowest BCUT2D eigenvalue weighted by atomic mass is 10.1. The predicted molar refractivity (Wildman–Crippen MR) is 58.5 cm³/mol. The van der Waals surface area contributed by atoms with E-state index in [1.807, 2.05) is 24.3 Å². The Bertz CT molecular complexity index is 420. The molecule has 0 unspecified atom stereocenters. The van der Waals surface area contributed by atoms with Crippen molar-refractivity contribution < 1.29 is 0 Å². The summed E-state index contributed by atoms with van der Waals surface area (Å²) in [6, 6.07) is 10.8. The Labute approximate surface area is 92.3 Å². The molecular weight excluding hydrogens is 217 g/mol. The van der Waals surface area contributed by atoms with Crippen LogP contribution in [0, 0.1) is 6.20 Å². The van der Waals surface area contributed by atoms with Gasteiger partial charge in [-0.25, -0.2) is 4.98 Å². The first-order valence-electron chi connectivity index (χ1n) is 4.05. The third-order valence-electron chi connectivity index (χ3n) is 1.77. The van der Waals surface area contributed by atoms with E-state index in [1.165, 1.54) is 0 Å².